The zero-order valence-corrected chi connectivity index (χ0v) is 24.2. The maximum absolute atomic E-state index is 11.5. The second kappa shape index (κ2) is 14.6. The van der Waals surface area contributed by atoms with Gasteiger partial charge in [0, 0.05) is 30.8 Å². The number of carboxylic acids is 1. The lowest BCUT2D eigenvalue weighted by atomic mass is 10.1. The molecule has 41 heavy (non-hydrogen) atoms. The number of carboxylic acid groups (broad SMARTS) is 1. The van der Waals surface area contributed by atoms with Crippen molar-refractivity contribution in [3.8, 4) is 11.5 Å². The van der Waals surface area contributed by atoms with Gasteiger partial charge in [0.15, 0.2) is 0 Å². The summed E-state index contributed by atoms with van der Waals surface area (Å²) in [5.74, 6) is 0.360. The fraction of sp³-hybridized carbons (Fsp3) is 0.273. The highest BCUT2D eigenvalue weighted by Gasteiger charge is 2.18. The number of aromatic nitrogens is 1. The first-order valence-corrected chi connectivity index (χ1v) is 13.9. The normalized spacial score (nSPS) is 11.8. The highest BCUT2D eigenvalue weighted by Crippen LogP contribution is 2.27. The Morgan fingerprint density at radius 1 is 0.878 bits per heavy atom. The number of pyridine rings is 1. The first-order valence-electron chi connectivity index (χ1n) is 13.6. The third-order valence-electron chi connectivity index (χ3n) is 6.70. The van der Waals surface area contributed by atoms with Gasteiger partial charge in [-0.3, -0.25) is 9.69 Å². The van der Waals surface area contributed by atoms with Gasteiger partial charge in [0.2, 0.25) is 0 Å². The molecule has 3 N–H and O–H groups in total. The molecule has 1 heterocycles. The van der Waals surface area contributed by atoms with Crippen molar-refractivity contribution in [3.63, 3.8) is 0 Å². The second-order valence-electron chi connectivity index (χ2n) is 10.2. The summed E-state index contributed by atoms with van der Waals surface area (Å²) in [7, 11) is 0. The number of benzene rings is 3. The molecule has 0 unspecified atom stereocenters. The van der Waals surface area contributed by atoms with E-state index in [9.17, 15) is 9.90 Å². The first kappa shape index (κ1) is 30.1. The lowest BCUT2D eigenvalue weighted by Crippen LogP contribution is -2.35. The van der Waals surface area contributed by atoms with Crippen LogP contribution in [0, 0.1) is 13.8 Å². The van der Waals surface area contributed by atoms with Crippen molar-refractivity contribution < 1.29 is 19.4 Å². The van der Waals surface area contributed by atoms with Gasteiger partial charge in [-0.25, -0.2) is 4.98 Å². The average molecular weight is 574 g/mol. The second-order valence-corrected chi connectivity index (χ2v) is 10.6. The van der Waals surface area contributed by atoms with Crippen molar-refractivity contribution in [2.24, 2.45) is 5.73 Å². The van der Waals surface area contributed by atoms with E-state index in [1.165, 1.54) is 5.56 Å². The monoisotopic (exact) mass is 573 g/mol. The minimum absolute atomic E-state index is 0.278. The number of rotatable bonds is 14. The molecule has 3 aromatic carbocycles. The first-order chi connectivity index (χ1) is 19.8. The minimum Gasteiger partial charge on any atom is -0.489 e. The number of hydrogen-bond acceptors (Lipinski definition) is 6. The number of halogens is 1. The predicted octanol–water partition coefficient (Wildman–Crippen LogP) is 6.31. The number of aliphatic carboxylic acids is 1. The van der Waals surface area contributed by atoms with Crippen molar-refractivity contribution in [1.29, 1.82) is 0 Å². The van der Waals surface area contributed by atoms with Gasteiger partial charge in [-0.2, -0.15) is 0 Å². The molecule has 0 saturated heterocycles. The number of aryl methyl sites for hydroxylation is 2. The molecule has 7 nitrogen and oxygen atoms in total. The summed E-state index contributed by atoms with van der Waals surface area (Å²) in [4.78, 5) is 17.8. The molecule has 0 saturated carbocycles. The summed E-state index contributed by atoms with van der Waals surface area (Å²) >= 11 is 6.30. The third-order valence-corrected chi connectivity index (χ3v) is 6.91. The van der Waals surface area contributed by atoms with Crippen molar-refractivity contribution in [2.45, 2.75) is 52.6 Å². The number of nitrogens with zero attached hydrogens (tertiary/aromatic N) is 2. The molecule has 0 aliphatic rings. The molecule has 0 bridgehead atoms. The van der Waals surface area contributed by atoms with Crippen molar-refractivity contribution in [3.05, 3.63) is 124 Å². The van der Waals surface area contributed by atoms with Crippen LogP contribution in [-0.2, 0) is 31.1 Å². The van der Waals surface area contributed by atoms with E-state index in [1.807, 2.05) is 61.5 Å². The van der Waals surface area contributed by atoms with Crippen LogP contribution in [0.4, 0.5) is 0 Å². The molecule has 0 amide bonds. The van der Waals surface area contributed by atoms with Gasteiger partial charge >= 0.3 is 5.97 Å². The van der Waals surface area contributed by atoms with Crippen molar-refractivity contribution in [1.82, 2.24) is 9.88 Å². The van der Waals surface area contributed by atoms with Crippen LogP contribution in [0.1, 0.15) is 39.8 Å². The molecule has 4 aromatic rings. The van der Waals surface area contributed by atoms with Crippen LogP contribution < -0.4 is 15.2 Å². The smallest absolute Gasteiger partial charge is 0.320 e. The van der Waals surface area contributed by atoms with Crippen LogP contribution in [0.15, 0.2) is 85.1 Å². The zero-order valence-electron chi connectivity index (χ0n) is 23.4. The number of ether oxygens (including phenoxy) is 2. The Hall–Kier alpha value is -3.91. The quantitative estimate of drug-likeness (QED) is 0.170. The van der Waals surface area contributed by atoms with Gasteiger partial charge < -0.3 is 20.3 Å². The molecule has 214 valence electrons. The number of nitrogens with two attached hydrogens (primary N) is 1. The molecule has 0 fully saturated rings. The summed E-state index contributed by atoms with van der Waals surface area (Å²) in [6, 6.07) is 25.1. The highest BCUT2D eigenvalue weighted by molar-refractivity contribution is 6.29. The van der Waals surface area contributed by atoms with Crippen LogP contribution in [-0.4, -0.2) is 33.5 Å². The van der Waals surface area contributed by atoms with Gasteiger partial charge in [-0.15, -0.1) is 0 Å². The lowest BCUT2D eigenvalue weighted by Gasteiger charge is -2.25. The summed E-state index contributed by atoms with van der Waals surface area (Å²) in [5, 5.41) is 9.74. The van der Waals surface area contributed by atoms with Crippen LogP contribution in [0.2, 0.25) is 5.15 Å². The largest absolute Gasteiger partial charge is 0.489 e. The highest BCUT2D eigenvalue weighted by atomic mass is 35.5. The van der Waals surface area contributed by atoms with Crippen LogP contribution in [0.25, 0.3) is 0 Å². The van der Waals surface area contributed by atoms with E-state index >= 15 is 0 Å². The molecule has 1 atom stereocenters. The van der Waals surface area contributed by atoms with Gasteiger partial charge in [0.05, 0.1) is 6.20 Å². The average Bonchev–Trinajstić information content (AvgIpc) is 2.95. The van der Waals surface area contributed by atoms with Crippen LogP contribution >= 0.6 is 11.6 Å². The Morgan fingerprint density at radius 3 is 2.12 bits per heavy atom. The van der Waals surface area contributed by atoms with E-state index in [0.717, 1.165) is 33.6 Å². The SMILES string of the molecule is Cc1cccc(COc2ccccc2CN(CC[C@H](N)C(=O)O)Cc2cc(Cl)ncc2OCc2cccc(C)c2)c1. The summed E-state index contributed by atoms with van der Waals surface area (Å²) in [5.41, 5.74) is 12.2. The molecular weight excluding hydrogens is 538 g/mol. The van der Waals surface area contributed by atoms with Crippen molar-refractivity contribution >= 4 is 17.6 Å². The Morgan fingerprint density at radius 2 is 1.49 bits per heavy atom. The molecule has 4 rings (SSSR count). The van der Waals surface area contributed by atoms with E-state index in [2.05, 4.69) is 35.0 Å². The standard InChI is InChI=1S/C33H36ClN3O4/c1-23-7-5-9-25(15-23)21-40-30-12-4-3-11-27(30)19-37(14-13-29(35)33(38)39)20-28-17-32(34)36-18-31(28)41-22-26-10-6-8-24(2)16-26/h3-12,15-18,29H,13-14,19-22,35H2,1-2H3,(H,38,39)/t29-/m0/s1. The van der Waals surface area contributed by atoms with Gasteiger partial charge in [0.1, 0.15) is 35.9 Å². The third kappa shape index (κ3) is 9.32. The Balaban J connectivity index is 1.54. The summed E-state index contributed by atoms with van der Waals surface area (Å²) in [6.45, 7) is 6.33. The van der Waals surface area contributed by atoms with E-state index in [-0.39, 0.29) is 6.42 Å². The fourth-order valence-corrected chi connectivity index (χ4v) is 4.73. The molecule has 0 aliphatic heterocycles. The van der Waals surface area contributed by atoms with E-state index < -0.39 is 12.0 Å². The topological polar surface area (TPSA) is 97.9 Å². The zero-order chi connectivity index (χ0) is 29.2. The molecular formula is C33H36ClN3O4. The van der Waals surface area contributed by atoms with Crippen molar-refractivity contribution in [2.75, 3.05) is 6.54 Å². The van der Waals surface area contributed by atoms with Gasteiger partial charge in [-0.05, 0) is 43.5 Å². The molecule has 8 heteroatoms. The molecule has 0 spiro atoms. The van der Waals surface area contributed by atoms with Crippen LogP contribution in [0.3, 0.4) is 0 Å². The minimum atomic E-state index is -1.03. The van der Waals surface area contributed by atoms with Gasteiger partial charge in [-0.1, -0.05) is 89.5 Å². The molecule has 1 aromatic heterocycles. The lowest BCUT2D eigenvalue weighted by molar-refractivity contribution is -0.138. The summed E-state index contributed by atoms with van der Waals surface area (Å²) < 4.78 is 12.4. The Labute approximate surface area is 246 Å². The van der Waals surface area contributed by atoms with Crippen LogP contribution in [0.5, 0.6) is 11.5 Å². The number of hydrogen-bond donors (Lipinski definition) is 2. The molecule has 0 radical (unpaired) electrons. The maximum atomic E-state index is 11.5. The Kier molecular flexibility index (Phi) is 10.7. The number of carbonyl (C=O) groups is 1. The molecule has 0 aliphatic carbocycles. The van der Waals surface area contributed by atoms with E-state index in [0.29, 0.717) is 43.8 Å². The maximum Gasteiger partial charge on any atom is 0.320 e. The van der Waals surface area contributed by atoms with Gasteiger partial charge in [0.25, 0.3) is 0 Å². The van der Waals surface area contributed by atoms with E-state index in [4.69, 9.17) is 26.8 Å². The predicted molar refractivity (Wildman–Crippen MR) is 161 cm³/mol. The number of para-hydroxylation sites is 1. The fourth-order valence-electron chi connectivity index (χ4n) is 4.55. The Bertz CT molecular complexity index is 1460. The summed E-state index contributed by atoms with van der Waals surface area (Å²) in [6.07, 6.45) is 1.91. The van der Waals surface area contributed by atoms with E-state index in [1.54, 1.807) is 12.3 Å².